The van der Waals surface area contributed by atoms with E-state index in [0.717, 1.165) is 5.56 Å². The molecule has 1 heterocycles. The molecular weight excluding hydrogens is 197 g/mol. The number of nitrogens with one attached hydrogen (secondary N) is 1. The van der Waals surface area contributed by atoms with E-state index in [2.05, 4.69) is 5.32 Å². The molecular formula is C11H14FNO2. The molecule has 2 atom stereocenters. The highest BCUT2D eigenvalue weighted by atomic mass is 19.1. The smallest absolute Gasteiger partial charge is 0.123 e. The molecule has 0 aromatic heterocycles. The zero-order valence-corrected chi connectivity index (χ0v) is 8.32. The lowest BCUT2D eigenvalue weighted by molar-refractivity contribution is -0.0259. The summed E-state index contributed by atoms with van der Waals surface area (Å²) in [5.41, 5.74) is 1.01. The van der Waals surface area contributed by atoms with Crippen molar-refractivity contribution in [1.29, 1.82) is 0 Å². The summed E-state index contributed by atoms with van der Waals surface area (Å²) in [4.78, 5) is 0. The van der Waals surface area contributed by atoms with Crippen molar-refractivity contribution >= 4 is 0 Å². The first-order valence-corrected chi connectivity index (χ1v) is 5.01. The molecule has 1 aliphatic rings. The number of hydrogen-bond acceptors (Lipinski definition) is 3. The lowest BCUT2D eigenvalue weighted by Crippen LogP contribution is -2.42. The molecule has 2 rings (SSSR count). The van der Waals surface area contributed by atoms with Crippen LogP contribution in [0.15, 0.2) is 24.3 Å². The molecule has 1 aromatic carbocycles. The van der Waals surface area contributed by atoms with E-state index >= 15 is 0 Å². The van der Waals surface area contributed by atoms with E-state index in [4.69, 9.17) is 9.84 Å². The van der Waals surface area contributed by atoms with Crippen LogP contribution in [0.25, 0.3) is 0 Å². The molecule has 82 valence electrons. The summed E-state index contributed by atoms with van der Waals surface area (Å²) in [6, 6.07) is 6.46. The van der Waals surface area contributed by atoms with Gasteiger partial charge < -0.3 is 15.2 Å². The average Bonchev–Trinajstić information content (AvgIpc) is 2.30. The van der Waals surface area contributed by atoms with Crippen molar-refractivity contribution in [3.8, 4) is 0 Å². The molecule has 1 saturated heterocycles. The summed E-state index contributed by atoms with van der Waals surface area (Å²) in [5, 5.41) is 12.1. The molecule has 1 aromatic rings. The minimum atomic E-state index is -0.233. The Morgan fingerprint density at radius 3 is 2.67 bits per heavy atom. The van der Waals surface area contributed by atoms with Crippen LogP contribution < -0.4 is 5.32 Å². The van der Waals surface area contributed by atoms with Gasteiger partial charge in [0.15, 0.2) is 0 Å². The number of benzene rings is 1. The molecule has 0 spiro atoms. The van der Waals surface area contributed by atoms with E-state index in [1.165, 1.54) is 12.1 Å². The van der Waals surface area contributed by atoms with Gasteiger partial charge in [0.25, 0.3) is 0 Å². The third-order valence-corrected chi connectivity index (χ3v) is 2.57. The van der Waals surface area contributed by atoms with Gasteiger partial charge in [-0.05, 0) is 17.7 Å². The molecule has 1 aliphatic heterocycles. The number of halogens is 1. The predicted molar refractivity (Wildman–Crippen MR) is 54.0 cm³/mol. The SMILES string of the molecule is OCC1CNC(c2ccc(F)cc2)CO1. The minimum absolute atomic E-state index is 0.0309. The van der Waals surface area contributed by atoms with Crippen LogP contribution >= 0.6 is 0 Å². The van der Waals surface area contributed by atoms with Crippen LogP contribution in [-0.4, -0.2) is 31.0 Å². The fourth-order valence-electron chi connectivity index (χ4n) is 1.65. The zero-order chi connectivity index (χ0) is 10.7. The molecule has 2 unspecified atom stereocenters. The van der Waals surface area contributed by atoms with Gasteiger partial charge in [-0.25, -0.2) is 4.39 Å². The molecule has 0 amide bonds. The van der Waals surface area contributed by atoms with Crippen LogP contribution in [0.5, 0.6) is 0 Å². The first-order chi connectivity index (χ1) is 7.29. The molecule has 0 radical (unpaired) electrons. The lowest BCUT2D eigenvalue weighted by atomic mass is 10.1. The topological polar surface area (TPSA) is 41.5 Å². The standard InChI is InChI=1S/C11H14FNO2/c12-9-3-1-8(2-4-9)11-7-15-10(6-14)5-13-11/h1-4,10-11,13-14H,5-7H2. The summed E-state index contributed by atoms with van der Waals surface area (Å²) >= 11 is 0. The molecule has 2 N–H and O–H groups in total. The van der Waals surface area contributed by atoms with Gasteiger partial charge in [0.2, 0.25) is 0 Å². The van der Waals surface area contributed by atoms with Gasteiger partial charge in [-0.15, -0.1) is 0 Å². The van der Waals surface area contributed by atoms with Crippen molar-refractivity contribution in [2.24, 2.45) is 0 Å². The van der Waals surface area contributed by atoms with Crippen LogP contribution in [0, 0.1) is 5.82 Å². The molecule has 15 heavy (non-hydrogen) atoms. The Morgan fingerprint density at radius 1 is 1.40 bits per heavy atom. The average molecular weight is 211 g/mol. The maximum atomic E-state index is 12.7. The van der Waals surface area contributed by atoms with Gasteiger partial charge in [-0.1, -0.05) is 12.1 Å². The Morgan fingerprint density at radius 2 is 2.13 bits per heavy atom. The monoisotopic (exact) mass is 211 g/mol. The Kier molecular flexibility index (Phi) is 3.30. The Balaban J connectivity index is 1.98. The second kappa shape index (κ2) is 4.70. The van der Waals surface area contributed by atoms with Crippen LogP contribution in [-0.2, 0) is 4.74 Å². The van der Waals surface area contributed by atoms with Crippen molar-refractivity contribution in [2.75, 3.05) is 19.8 Å². The maximum absolute atomic E-state index is 12.7. The van der Waals surface area contributed by atoms with Crippen LogP contribution in [0.1, 0.15) is 11.6 Å². The Bertz CT molecular complexity index is 307. The number of hydrogen-bond donors (Lipinski definition) is 2. The van der Waals surface area contributed by atoms with Gasteiger partial charge in [-0.2, -0.15) is 0 Å². The lowest BCUT2D eigenvalue weighted by Gasteiger charge is -2.29. The van der Waals surface area contributed by atoms with Crippen LogP contribution in [0.3, 0.4) is 0 Å². The van der Waals surface area contributed by atoms with E-state index < -0.39 is 0 Å². The number of ether oxygens (including phenoxy) is 1. The fraction of sp³-hybridized carbons (Fsp3) is 0.455. The number of aliphatic hydroxyl groups excluding tert-OH is 1. The van der Waals surface area contributed by atoms with Crippen molar-refractivity contribution in [3.63, 3.8) is 0 Å². The molecule has 0 aliphatic carbocycles. The first-order valence-electron chi connectivity index (χ1n) is 5.01. The molecule has 4 heteroatoms. The summed E-state index contributed by atoms with van der Waals surface area (Å²) in [6.45, 7) is 1.17. The van der Waals surface area contributed by atoms with Crippen LogP contribution in [0.4, 0.5) is 4.39 Å². The number of rotatable bonds is 2. The fourth-order valence-corrected chi connectivity index (χ4v) is 1.65. The minimum Gasteiger partial charge on any atom is -0.394 e. The first kappa shape index (κ1) is 10.5. The van der Waals surface area contributed by atoms with Gasteiger partial charge in [-0.3, -0.25) is 0 Å². The highest BCUT2D eigenvalue weighted by molar-refractivity contribution is 5.20. The Hall–Kier alpha value is -0.970. The predicted octanol–water partition coefficient (Wildman–Crippen LogP) is 0.847. The quantitative estimate of drug-likeness (QED) is 0.762. The van der Waals surface area contributed by atoms with Crippen molar-refractivity contribution in [2.45, 2.75) is 12.1 Å². The molecule has 3 nitrogen and oxygen atoms in total. The van der Waals surface area contributed by atoms with E-state index in [0.29, 0.717) is 13.2 Å². The van der Waals surface area contributed by atoms with Crippen molar-refractivity contribution in [1.82, 2.24) is 5.32 Å². The van der Waals surface area contributed by atoms with Gasteiger partial charge >= 0.3 is 0 Å². The zero-order valence-electron chi connectivity index (χ0n) is 8.32. The summed E-state index contributed by atoms with van der Waals surface area (Å²) in [5.74, 6) is -0.233. The molecule has 1 fully saturated rings. The molecule has 0 saturated carbocycles. The second-order valence-electron chi connectivity index (χ2n) is 3.65. The largest absolute Gasteiger partial charge is 0.394 e. The van der Waals surface area contributed by atoms with Crippen LogP contribution in [0.2, 0.25) is 0 Å². The number of morpholine rings is 1. The maximum Gasteiger partial charge on any atom is 0.123 e. The normalized spacial score (nSPS) is 26.5. The van der Waals surface area contributed by atoms with Crippen molar-refractivity contribution in [3.05, 3.63) is 35.6 Å². The summed E-state index contributed by atoms with van der Waals surface area (Å²) in [6.07, 6.45) is -0.123. The van der Waals surface area contributed by atoms with Gasteiger partial charge in [0.1, 0.15) is 5.82 Å². The highest BCUT2D eigenvalue weighted by Crippen LogP contribution is 2.17. The van der Waals surface area contributed by atoms with E-state index in [-0.39, 0.29) is 24.6 Å². The summed E-state index contributed by atoms with van der Waals surface area (Å²) in [7, 11) is 0. The van der Waals surface area contributed by atoms with E-state index in [1.54, 1.807) is 12.1 Å². The second-order valence-corrected chi connectivity index (χ2v) is 3.65. The third kappa shape index (κ3) is 2.53. The summed E-state index contributed by atoms with van der Waals surface area (Å²) < 4.78 is 18.1. The van der Waals surface area contributed by atoms with Gasteiger partial charge in [0.05, 0.1) is 25.4 Å². The van der Waals surface area contributed by atoms with Crippen molar-refractivity contribution < 1.29 is 14.2 Å². The molecule has 0 bridgehead atoms. The third-order valence-electron chi connectivity index (χ3n) is 2.57. The van der Waals surface area contributed by atoms with E-state index in [1.807, 2.05) is 0 Å². The van der Waals surface area contributed by atoms with E-state index in [9.17, 15) is 4.39 Å². The Labute approximate surface area is 87.9 Å². The number of aliphatic hydroxyl groups is 1. The highest BCUT2D eigenvalue weighted by Gasteiger charge is 2.21. The van der Waals surface area contributed by atoms with Gasteiger partial charge in [0, 0.05) is 6.54 Å².